The van der Waals surface area contributed by atoms with E-state index in [4.69, 9.17) is 12.2 Å². The molecule has 0 aromatic rings. The third kappa shape index (κ3) is 2.53. The highest BCUT2D eigenvalue weighted by atomic mass is 15.2. The molecule has 2 N–H and O–H groups in total. The third-order valence-corrected chi connectivity index (χ3v) is 3.90. The van der Waals surface area contributed by atoms with Crippen LogP contribution in [0.4, 0.5) is 0 Å². The molecule has 0 spiro atoms. The average molecular weight is 206 g/mol. The number of fused-ring (bicyclic) bond motifs is 2. The predicted molar refractivity (Wildman–Crippen MR) is 63.4 cm³/mol. The first-order valence-electron chi connectivity index (χ1n) is 6.26. The fraction of sp³-hybridized carbons (Fsp3) is 0.846. The molecule has 84 valence electrons. The van der Waals surface area contributed by atoms with Crippen molar-refractivity contribution in [3.05, 3.63) is 0 Å². The van der Waals surface area contributed by atoms with Gasteiger partial charge in [-0.25, -0.2) is 0 Å². The molecular weight excluding hydrogens is 184 g/mol. The van der Waals surface area contributed by atoms with Crippen molar-refractivity contribution in [3.63, 3.8) is 0 Å². The largest absolute Gasteiger partial charge is 0.328 e. The smallest absolute Gasteiger partial charge is 0.0113 e. The SMILES string of the molecule is C#CCCCN1C2CCCC1CC(N)C2. The van der Waals surface area contributed by atoms with Crippen LogP contribution in [-0.4, -0.2) is 29.6 Å². The van der Waals surface area contributed by atoms with Crippen LogP contribution in [0.5, 0.6) is 0 Å². The Kier molecular flexibility index (Phi) is 3.66. The highest BCUT2D eigenvalue weighted by Crippen LogP contribution is 2.33. The molecular formula is C13H22N2. The Morgan fingerprint density at radius 1 is 1.27 bits per heavy atom. The van der Waals surface area contributed by atoms with Gasteiger partial charge >= 0.3 is 0 Å². The normalized spacial score (nSPS) is 36.1. The number of nitrogens with zero attached hydrogens (tertiary/aromatic N) is 1. The van der Waals surface area contributed by atoms with E-state index in [0.717, 1.165) is 24.9 Å². The standard InChI is InChI=1S/C13H22N2/c1-2-3-4-8-15-12-6-5-7-13(15)10-11(14)9-12/h1,11-13H,3-10,14H2. The summed E-state index contributed by atoms with van der Waals surface area (Å²) in [7, 11) is 0. The van der Waals surface area contributed by atoms with Crippen LogP contribution in [0.15, 0.2) is 0 Å². The van der Waals surface area contributed by atoms with Crippen LogP contribution in [0.25, 0.3) is 0 Å². The van der Waals surface area contributed by atoms with Crippen LogP contribution in [0, 0.1) is 12.3 Å². The summed E-state index contributed by atoms with van der Waals surface area (Å²) >= 11 is 0. The number of rotatable bonds is 3. The van der Waals surface area contributed by atoms with E-state index in [1.165, 1.54) is 38.6 Å². The van der Waals surface area contributed by atoms with Gasteiger partial charge in [-0.1, -0.05) is 6.42 Å². The fourth-order valence-electron chi connectivity index (χ4n) is 3.25. The van der Waals surface area contributed by atoms with Gasteiger partial charge in [0.15, 0.2) is 0 Å². The molecule has 0 saturated carbocycles. The topological polar surface area (TPSA) is 29.3 Å². The van der Waals surface area contributed by atoms with Crippen molar-refractivity contribution in [1.29, 1.82) is 0 Å². The highest BCUT2D eigenvalue weighted by molar-refractivity contribution is 4.94. The van der Waals surface area contributed by atoms with E-state index < -0.39 is 0 Å². The van der Waals surface area contributed by atoms with E-state index in [2.05, 4.69) is 10.8 Å². The van der Waals surface area contributed by atoms with Crippen LogP contribution < -0.4 is 5.73 Å². The summed E-state index contributed by atoms with van der Waals surface area (Å²) in [5, 5.41) is 0. The van der Waals surface area contributed by atoms with Crippen LogP contribution in [0.3, 0.4) is 0 Å². The molecule has 0 amide bonds. The van der Waals surface area contributed by atoms with Gasteiger partial charge in [-0.15, -0.1) is 12.3 Å². The summed E-state index contributed by atoms with van der Waals surface area (Å²) in [6, 6.07) is 1.96. The van der Waals surface area contributed by atoms with Gasteiger partial charge in [0, 0.05) is 24.5 Å². The molecule has 2 rings (SSSR count). The molecule has 2 nitrogen and oxygen atoms in total. The van der Waals surface area contributed by atoms with Gasteiger partial charge in [0.2, 0.25) is 0 Å². The molecule has 2 aliphatic heterocycles. The second kappa shape index (κ2) is 5.01. The number of hydrogen-bond acceptors (Lipinski definition) is 2. The first kappa shape index (κ1) is 11.0. The lowest BCUT2D eigenvalue weighted by Crippen LogP contribution is -2.55. The first-order chi connectivity index (χ1) is 7.31. The Labute approximate surface area is 93.2 Å². The third-order valence-electron chi connectivity index (χ3n) is 3.90. The summed E-state index contributed by atoms with van der Waals surface area (Å²) in [5.74, 6) is 2.73. The molecule has 2 fully saturated rings. The zero-order chi connectivity index (χ0) is 10.7. The Bertz CT molecular complexity index is 229. The first-order valence-corrected chi connectivity index (χ1v) is 6.26. The van der Waals surface area contributed by atoms with Crippen molar-refractivity contribution in [3.8, 4) is 12.3 Å². The second-order valence-corrected chi connectivity index (χ2v) is 5.02. The van der Waals surface area contributed by atoms with Crippen LogP contribution in [0.2, 0.25) is 0 Å². The summed E-state index contributed by atoms with van der Waals surface area (Å²) < 4.78 is 0. The summed E-state index contributed by atoms with van der Waals surface area (Å²) in [5.41, 5.74) is 6.08. The maximum Gasteiger partial charge on any atom is 0.0113 e. The number of nitrogens with two attached hydrogens (primary N) is 1. The number of piperidine rings is 2. The molecule has 2 bridgehead atoms. The minimum Gasteiger partial charge on any atom is -0.328 e. The molecule has 0 radical (unpaired) electrons. The molecule has 2 aliphatic rings. The van der Waals surface area contributed by atoms with Crippen LogP contribution in [0.1, 0.15) is 44.9 Å². The van der Waals surface area contributed by atoms with Crippen molar-refractivity contribution >= 4 is 0 Å². The minimum absolute atomic E-state index is 0.448. The van der Waals surface area contributed by atoms with Gasteiger partial charge < -0.3 is 5.73 Å². The zero-order valence-electron chi connectivity index (χ0n) is 9.49. The quantitative estimate of drug-likeness (QED) is 0.563. The lowest BCUT2D eigenvalue weighted by molar-refractivity contribution is 0.0311. The van der Waals surface area contributed by atoms with Gasteiger partial charge in [0.05, 0.1) is 0 Å². The van der Waals surface area contributed by atoms with Gasteiger partial charge in [0.25, 0.3) is 0 Å². The summed E-state index contributed by atoms with van der Waals surface area (Å²) in [4.78, 5) is 2.68. The maximum absolute atomic E-state index is 6.08. The van der Waals surface area contributed by atoms with Gasteiger partial charge in [-0.2, -0.15) is 0 Å². The summed E-state index contributed by atoms with van der Waals surface area (Å²) in [6.45, 7) is 1.19. The van der Waals surface area contributed by atoms with E-state index in [1.54, 1.807) is 0 Å². The molecule has 2 heterocycles. The summed E-state index contributed by atoms with van der Waals surface area (Å²) in [6.07, 6.45) is 13.9. The molecule has 2 heteroatoms. The minimum atomic E-state index is 0.448. The van der Waals surface area contributed by atoms with E-state index in [-0.39, 0.29) is 0 Å². The van der Waals surface area contributed by atoms with Crippen molar-refractivity contribution < 1.29 is 0 Å². The van der Waals surface area contributed by atoms with Crippen LogP contribution >= 0.6 is 0 Å². The fourth-order valence-corrected chi connectivity index (χ4v) is 3.25. The van der Waals surface area contributed by atoms with E-state index in [9.17, 15) is 0 Å². The average Bonchev–Trinajstić information content (AvgIpc) is 2.19. The lowest BCUT2D eigenvalue weighted by Gasteiger charge is -2.48. The maximum atomic E-state index is 6.08. The molecule has 15 heavy (non-hydrogen) atoms. The van der Waals surface area contributed by atoms with Gasteiger partial charge in [-0.3, -0.25) is 4.90 Å². The Morgan fingerprint density at radius 2 is 1.93 bits per heavy atom. The van der Waals surface area contributed by atoms with Crippen molar-refractivity contribution in [2.75, 3.05) is 6.54 Å². The van der Waals surface area contributed by atoms with Crippen molar-refractivity contribution in [2.24, 2.45) is 5.73 Å². The Morgan fingerprint density at radius 3 is 2.53 bits per heavy atom. The molecule has 0 aromatic heterocycles. The molecule has 2 atom stereocenters. The molecule has 0 aromatic carbocycles. The zero-order valence-corrected chi connectivity index (χ0v) is 9.49. The molecule has 2 saturated heterocycles. The van der Waals surface area contributed by atoms with Gasteiger partial charge in [-0.05, 0) is 38.6 Å². The predicted octanol–water partition coefficient (Wildman–Crippen LogP) is 1.74. The van der Waals surface area contributed by atoms with E-state index in [0.29, 0.717) is 6.04 Å². The lowest BCUT2D eigenvalue weighted by atomic mass is 9.82. The van der Waals surface area contributed by atoms with Crippen molar-refractivity contribution in [1.82, 2.24) is 4.90 Å². The van der Waals surface area contributed by atoms with E-state index in [1.807, 2.05) is 0 Å². The van der Waals surface area contributed by atoms with Gasteiger partial charge in [0.1, 0.15) is 0 Å². The highest BCUT2D eigenvalue weighted by Gasteiger charge is 2.36. The number of terminal acetylenes is 1. The monoisotopic (exact) mass is 206 g/mol. The Hall–Kier alpha value is -0.520. The molecule has 2 unspecified atom stereocenters. The van der Waals surface area contributed by atoms with Crippen LogP contribution in [-0.2, 0) is 0 Å². The molecule has 0 aliphatic carbocycles. The number of unbranched alkanes of at least 4 members (excludes halogenated alkanes) is 1. The second-order valence-electron chi connectivity index (χ2n) is 5.02. The van der Waals surface area contributed by atoms with E-state index >= 15 is 0 Å². The number of hydrogen-bond donors (Lipinski definition) is 1. The Balaban J connectivity index is 1.90. The van der Waals surface area contributed by atoms with Crippen molar-refractivity contribution in [2.45, 2.75) is 63.1 Å².